The maximum Gasteiger partial charge on any atom is 0.336 e. The van der Waals surface area contributed by atoms with Crippen LogP contribution in [0.15, 0.2) is 54.6 Å². The molecule has 1 heterocycles. The van der Waals surface area contributed by atoms with E-state index in [9.17, 15) is 9.90 Å². The monoisotopic (exact) mass is 476 g/mol. The van der Waals surface area contributed by atoms with Crippen LogP contribution in [0.3, 0.4) is 0 Å². The number of rotatable bonds is 6. The molecule has 5 nitrogen and oxygen atoms in total. The molecule has 3 aromatic rings. The van der Waals surface area contributed by atoms with E-state index in [2.05, 4.69) is 0 Å². The highest BCUT2D eigenvalue weighted by Crippen LogP contribution is 2.39. The number of hydrogen-bond acceptors (Lipinski definition) is 4. The Kier molecular flexibility index (Phi) is 6.28. The minimum atomic E-state index is -1.12. The highest BCUT2D eigenvalue weighted by Gasteiger charge is 2.21. The molecule has 8 heteroatoms. The van der Waals surface area contributed by atoms with Crippen molar-refractivity contribution in [2.24, 2.45) is 0 Å². The minimum Gasteiger partial charge on any atom is -0.489 e. The Labute approximate surface area is 193 Å². The van der Waals surface area contributed by atoms with Gasteiger partial charge in [-0.15, -0.1) is 0 Å². The van der Waals surface area contributed by atoms with Crippen LogP contribution >= 0.6 is 34.8 Å². The summed E-state index contributed by atoms with van der Waals surface area (Å²) in [6.07, 6.45) is 1.53. The third-order valence-corrected chi connectivity index (χ3v) is 5.64. The topological polar surface area (TPSA) is 65.0 Å². The van der Waals surface area contributed by atoms with E-state index in [0.717, 1.165) is 0 Å². The second-order valence-electron chi connectivity index (χ2n) is 6.61. The molecular weight excluding hydrogens is 463 g/mol. The van der Waals surface area contributed by atoms with Gasteiger partial charge in [0.25, 0.3) is 0 Å². The maximum absolute atomic E-state index is 11.9. The zero-order chi connectivity index (χ0) is 22.0. The summed E-state index contributed by atoms with van der Waals surface area (Å²) in [7, 11) is 0. The Bertz CT molecular complexity index is 1150. The number of benzene rings is 3. The van der Waals surface area contributed by atoms with Crippen molar-refractivity contribution in [2.45, 2.75) is 6.61 Å². The van der Waals surface area contributed by atoms with Gasteiger partial charge in [0.2, 0.25) is 6.79 Å². The lowest BCUT2D eigenvalue weighted by molar-refractivity contribution is -0.130. The molecule has 0 aromatic heterocycles. The van der Waals surface area contributed by atoms with Crippen molar-refractivity contribution < 1.29 is 24.1 Å². The fourth-order valence-electron chi connectivity index (χ4n) is 3.03. The van der Waals surface area contributed by atoms with E-state index in [1.54, 1.807) is 54.6 Å². The Balaban J connectivity index is 1.55. The number of hydrogen-bond donors (Lipinski definition) is 1. The summed E-state index contributed by atoms with van der Waals surface area (Å²) in [5.41, 5.74) is 1.72. The van der Waals surface area contributed by atoms with E-state index in [0.29, 0.717) is 44.0 Å². The summed E-state index contributed by atoms with van der Waals surface area (Å²) in [6, 6.07) is 15.3. The summed E-state index contributed by atoms with van der Waals surface area (Å²) < 4.78 is 16.4. The lowest BCUT2D eigenvalue weighted by Gasteiger charge is -2.10. The van der Waals surface area contributed by atoms with Gasteiger partial charge in [-0.1, -0.05) is 53.0 Å². The molecule has 0 unspecified atom stereocenters. The van der Waals surface area contributed by atoms with E-state index < -0.39 is 5.97 Å². The Morgan fingerprint density at radius 3 is 2.26 bits per heavy atom. The molecule has 0 spiro atoms. The van der Waals surface area contributed by atoms with Crippen molar-refractivity contribution in [3.05, 3.63) is 86.4 Å². The van der Waals surface area contributed by atoms with Gasteiger partial charge in [-0.3, -0.25) is 0 Å². The highest BCUT2D eigenvalue weighted by molar-refractivity contribution is 6.36. The van der Waals surface area contributed by atoms with Gasteiger partial charge in [0.1, 0.15) is 12.4 Å². The van der Waals surface area contributed by atoms with Crippen LogP contribution in [-0.4, -0.2) is 17.9 Å². The van der Waals surface area contributed by atoms with Crippen LogP contribution in [0.5, 0.6) is 17.2 Å². The number of carboxylic acids is 1. The first-order valence-corrected chi connectivity index (χ1v) is 10.3. The molecule has 1 aliphatic heterocycles. The number of carboxylic acid groups (broad SMARTS) is 1. The van der Waals surface area contributed by atoms with Crippen LogP contribution < -0.4 is 14.2 Å². The number of aliphatic carboxylic acids is 1. The minimum absolute atomic E-state index is 0.0276. The van der Waals surface area contributed by atoms with Crippen molar-refractivity contribution in [3.8, 4) is 17.2 Å². The molecule has 0 saturated carbocycles. The average molecular weight is 478 g/mol. The van der Waals surface area contributed by atoms with Gasteiger partial charge in [-0.2, -0.15) is 0 Å². The van der Waals surface area contributed by atoms with Crippen LogP contribution in [0.4, 0.5) is 0 Å². The van der Waals surface area contributed by atoms with Crippen molar-refractivity contribution >= 4 is 52.4 Å². The first-order chi connectivity index (χ1) is 14.9. The standard InChI is InChI=1S/C23H15Cl3O5/c24-18-2-1-3-19(25)17(18)11-29-14-6-4-13(5-7-14)8-16(23(27)28)15-9-21-22(10-20(15)26)31-12-30-21/h1-10H,11-12H2,(H,27,28)/b16-8+. The van der Waals surface area contributed by atoms with Crippen LogP contribution in [0, 0.1) is 0 Å². The highest BCUT2D eigenvalue weighted by atomic mass is 35.5. The Hall–Kier alpha value is -2.86. The summed E-state index contributed by atoms with van der Waals surface area (Å²) in [5, 5.41) is 11.0. The first-order valence-electron chi connectivity index (χ1n) is 9.12. The lowest BCUT2D eigenvalue weighted by atomic mass is 10.0. The normalized spacial score (nSPS) is 12.7. The van der Waals surface area contributed by atoms with E-state index in [4.69, 9.17) is 49.0 Å². The lowest BCUT2D eigenvalue weighted by Crippen LogP contribution is -2.01. The van der Waals surface area contributed by atoms with E-state index in [1.807, 2.05) is 0 Å². The average Bonchev–Trinajstić information content (AvgIpc) is 3.19. The van der Waals surface area contributed by atoms with Gasteiger partial charge in [-0.25, -0.2) is 4.79 Å². The third kappa shape index (κ3) is 4.74. The zero-order valence-corrected chi connectivity index (χ0v) is 18.2. The van der Waals surface area contributed by atoms with Gasteiger partial charge in [0.15, 0.2) is 11.5 Å². The van der Waals surface area contributed by atoms with E-state index in [1.165, 1.54) is 6.08 Å². The van der Waals surface area contributed by atoms with Crippen molar-refractivity contribution in [1.29, 1.82) is 0 Å². The van der Waals surface area contributed by atoms with Gasteiger partial charge < -0.3 is 19.3 Å². The van der Waals surface area contributed by atoms with Crippen molar-refractivity contribution in [3.63, 3.8) is 0 Å². The molecular formula is C23H15Cl3O5. The number of fused-ring (bicyclic) bond motifs is 1. The Morgan fingerprint density at radius 2 is 1.61 bits per heavy atom. The van der Waals surface area contributed by atoms with Gasteiger partial charge in [0.05, 0.1) is 10.6 Å². The second-order valence-corrected chi connectivity index (χ2v) is 7.83. The largest absolute Gasteiger partial charge is 0.489 e. The quantitative estimate of drug-likeness (QED) is 0.321. The Morgan fingerprint density at radius 1 is 0.968 bits per heavy atom. The van der Waals surface area contributed by atoms with Gasteiger partial charge in [0, 0.05) is 27.2 Å². The summed E-state index contributed by atoms with van der Waals surface area (Å²) in [5.74, 6) is 0.410. The maximum atomic E-state index is 11.9. The van der Waals surface area contributed by atoms with Crippen LogP contribution in [0.25, 0.3) is 11.6 Å². The molecule has 0 fully saturated rings. The van der Waals surface area contributed by atoms with Crippen molar-refractivity contribution in [2.75, 3.05) is 6.79 Å². The molecule has 0 radical (unpaired) electrons. The molecule has 0 aliphatic carbocycles. The number of ether oxygens (including phenoxy) is 3. The predicted octanol–water partition coefficient (Wildman–Crippen LogP) is 6.58. The molecule has 0 atom stereocenters. The summed E-state index contributed by atoms with van der Waals surface area (Å²) in [4.78, 5) is 11.9. The van der Waals surface area contributed by atoms with Crippen LogP contribution in [0.1, 0.15) is 16.7 Å². The zero-order valence-electron chi connectivity index (χ0n) is 15.9. The second kappa shape index (κ2) is 9.10. The molecule has 4 rings (SSSR count). The molecule has 1 N–H and O–H groups in total. The van der Waals surface area contributed by atoms with E-state index >= 15 is 0 Å². The number of halogens is 3. The molecule has 0 bridgehead atoms. The molecule has 0 amide bonds. The molecule has 1 aliphatic rings. The van der Waals surface area contributed by atoms with Gasteiger partial charge in [-0.05, 0) is 42.0 Å². The molecule has 31 heavy (non-hydrogen) atoms. The third-order valence-electron chi connectivity index (χ3n) is 4.62. The fraction of sp³-hybridized carbons (Fsp3) is 0.0870. The van der Waals surface area contributed by atoms with Gasteiger partial charge >= 0.3 is 5.97 Å². The van der Waals surface area contributed by atoms with Crippen LogP contribution in [-0.2, 0) is 11.4 Å². The SMILES string of the molecule is O=C(O)/C(=C/c1ccc(OCc2c(Cl)cccc2Cl)cc1)c1cc2c(cc1Cl)OCO2. The number of carbonyl (C=O) groups is 1. The molecule has 0 saturated heterocycles. The molecule has 158 valence electrons. The summed E-state index contributed by atoms with van der Waals surface area (Å²) in [6.45, 7) is 0.281. The van der Waals surface area contributed by atoms with Crippen molar-refractivity contribution in [1.82, 2.24) is 0 Å². The van der Waals surface area contributed by atoms with E-state index in [-0.39, 0.29) is 24.0 Å². The fourth-order valence-corrected chi connectivity index (χ4v) is 3.79. The smallest absolute Gasteiger partial charge is 0.336 e. The molecule has 3 aromatic carbocycles. The predicted molar refractivity (Wildman–Crippen MR) is 120 cm³/mol. The summed E-state index contributed by atoms with van der Waals surface area (Å²) >= 11 is 18.6. The first kappa shape index (κ1) is 21.4. The van der Waals surface area contributed by atoms with Crippen LogP contribution in [0.2, 0.25) is 15.1 Å².